The first kappa shape index (κ1) is 19.0. The van der Waals surface area contributed by atoms with E-state index < -0.39 is 0 Å². The SMILES string of the molecule is Cc1cc(C)c(NC(=O)CNC(=O)NCC2(c3ccccc3)CC2)c(C)c1. The molecule has 3 N–H and O–H groups in total. The molecule has 0 saturated heterocycles. The Morgan fingerprint density at radius 3 is 2.19 bits per heavy atom. The van der Waals surface area contributed by atoms with Crippen molar-refractivity contribution in [2.75, 3.05) is 18.4 Å². The van der Waals surface area contributed by atoms with E-state index in [1.807, 2.05) is 51.1 Å². The van der Waals surface area contributed by atoms with Crippen molar-refractivity contribution in [1.82, 2.24) is 10.6 Å². The number of hydrogen-bond donors (Lipinski definition) is 3. The minimum atomic E-state index is -0.315. The lowest BCUT2D eigenvalue weighted by Gasteiger charge is -2.17. The van der Waals surface area contributed by atoms with Gasteiger partial charge in [-0.15, -0.1) is 0 Å². The molecule has 0 heterocycles. The summed E-state index contributed by atoms with van der Waals surface area (Å²) in [7, 11) is 0. The highest BCUT2D eigenvalue weighted by Crippen LogP contribution is 2.47. The van der Waals surface area contributed by atoms with Gasteiger partial charge in [-0.1, -0.05) is 48.0 Å². The second-order valence-corrected chi connectivity index (χ2v) is 7.50. The van der Waals surface area contributed by atoms with E-state index in [1.165, 1.54) is 5.56 Å². The van der Waals surface area contributed by atoms with Gasteiger partial charge in [-0.3, -0.25) is 4.79 Å². The van der Waals surface area contributed by atoms with Crippen LogP contribution in [0, 0.1) is 20.8 Å². The molecular weight excluding hydrogens is 338 g/mol. The molecule has 0 aliphatic heterocycles. The Bertz CT molecular complexity index is 819. The van der Waals surface area contributed by atoms with E-state index in [0.29, 0.717) is 6.54 Å². The number of anilines is 1. The van der Waals surface area contributed by atoms with E-state index in [0.717, 1.165) is 35.2 Å². The number of benzene rings is 2. The first-order chi connectivity index (χ1) is 12.9. The summed E-state index contributed by atoms with van der Waals surface area (Å²) in [6.45, 7) is 6.49. The summed E-state index contributed by atoms with van der Waals surface area (Å²) in [6, 6.07) is 14.0. The van der Waals surface area contributed by atoms with Gasteiger partial charge in [0.2, 0.25) is 5.91 Å². The van der Waals surface area contributed by atoms with Crippen LogP contribution in [-0.2, 0) is 10.2 Å². The fraction of sp³-hybridized carbons (Fsp3) is 0.364. The number of carbonyl (C=O) groups is 2. The maximum atomic E-state index is 12.2. The highest BCUT2D eigenvalue weighted by Gasteiger charge is 2.44. The van der Waals surface area contributed by atoms with Crippen molar-refractivity contribution in [3.05, 3.63) is 64.7 Å². The van der Waals surface area contributed by atoms with E-state index in [2.05, 4.69) is 28.1 Å². The average Bonchev–Trinajstić information content (AvgIpc) is 3.43. The smallest absolute Gasteiger partial charge is 0.315 e. The summed E-state index contributed by atoms with van der Waals surface area (Å²) in [6.07, 6.45) is 2.15. The molecule has 0 spiro atoms. The molecule has 142 valence electrons. The number of amides is 3. The molecule has 0 unspecified atom stereocenters. The van der Waals surface area contributed by atoms with Crippen LogP contribution in [0.5, 0.6) is 0 Å². The van der Waals surface area contributed by atoms with Crippen molar-refractivity contribution < 1.29 is 9.59 Å². The molecule has 2 aromatic carbocycles. The van der Waals surface area contributed by atoms with Crippen molar-refractivity contribution in [2.45, 2.75) is 39.0 Å². The van der Waals surface area contributed by atoms with Crippen molar-refractivity contribution in [1.29, 1.82) is 0 Å². The predicted octanol–water partition coefficient (Wildman–Crippen LogP) is 3.58. The summed E-state index contributed by atoms with van der Waals surface area (Å²) >= 11 is 0. The molecule has 0 atom stereocenters. The normalized spacial score (nSPS) is 14.3. The average molecular weight is 365 g/mol. The summed E-state index contributed by atoms with van der Waals surface area (Å²) in [5.41, 5.74) is 5.32. The van der Waals surface area contributed by atoms with Gasteiger partial charge in [0.25, 0.3) is 0 Å². The Hall–Kier alpha value is -2.82. The molecule has 27 heavy (non-hydrogen) atoms. The molecule has 1 aliphatic rings. The Labute approximate surface area is 160 Å². The maximum Gasteiger partial charge on any atom is 0.315 e. The van der Waals surface area contributed by atoms with Crippen molar-refractivity contribution in [2.24, 2.45) is 0 Å². The van der Waals surface area contributed by atoms with Gasteiger partial charge in [-0.05, 0) is 50.3 Å². The first-order valence-electron chi connectivity index (χ1n) is 9.34. The maximum absolute atomic E-state index is 12.2. The molecule has 5 heteroatoms. The lowest BCUT2D eigenvalue weighted by atomic mass is 9.96. The number of urea groups is 1. The van der Waals surface area contributed by atoms with Crippen LogP contribution in [0.1, 0.15) is 35.1 Å². The molecule has 0 bridgehead atoms. The Morgan fingerprint density at radius 1 is 0.963 bits per heavy atom. The number of carbonyl (C=O) groups excluding carboxylic acids is 2. The van der Waals surface area contributed by atoms with E-state index in [1.54, 1.807) is 0 Å². The first-order valence-corrected chi connectivity index (χ1v) is 9.34. The molecule has 3 rings (SSSR count). The van der Waals surface area contributed by atoms with Crippen LogP contribution in [-0.4, -0.2) is 25.0 Å². The standard InChI is InChI=1S/C22H27N3O2/c1-15-11-16(2)20(17(3)12-15)25-19(26)13-23-21(27)24-14-22(9-10-22)18-7-5-4-6-8-18/h4-8,11-12H,9-10,13-14H2,1-3H3,(H,25,26)(H2,23,24,27). The zero-order chi connectivity index (χ0) is 19.4. The highest BCUT2D eigenvalue weighted by atomic mass is 16.2. The van der Waals surface area contributed by atoms with E-state index in [9.17, 15) is 9.59 Å². The van der Waals surface area contributed by atoms with E-state index in [4.69, 9.17) is 0 Å². The van der Waals surface area contributed by atoms with Crippen LogP contribution in [0.25, 0.3) is 0 Å². The molecule has 0 aromatic heterocycles. The summed E-state index contributed by atoms with van der Waals surface area (Å²) in [5, 5.41) is 8.44. The molecule has 0 radical (unpaired) electrons. The zero-order valence-electron chi connectivity index (χ0n) is 16.2. The monoisotopic (exact) mass is 365 g/mol. The Morgan fingerprint density at radius 2 is 1.59 bits per heavy atom. The topological polar surface area (TPSA) is 70.2 Å². The molecule has 5 nitrogen and oxygen atoms in total. The number of nitrogens with one attached hydrogen (secondary N) is 3. The van der Waals surface area contributed by atoms with Gasteiger partial charge < -0.3 is 16.0 Å². The molecule has 1 aliphatic carbocycles. The summed E-state index contributed by atoms with van der Waals surface area (Å²) < 4.78 is 0. The molecule has 1 saturated carbocycles. The van der Waals surface area contributed by atoms with Crippen molar-refractivity contribution in [3.8, 4) is 0 Å². The van der Waals surface area contributed by atoms with Gasteiger partial charge in [0, 0.05) is 17.6 Å². The van der Waals surface area contributed by atoms with Gasteiger partial charge >= 0.3 is 6.03 Å². The predicted molar refractivity (Wildman–Crippen MR) is 108 cm³/mol. The van der Waals surface area contributed by atoms with Gasteiger partial charge in [-0.2, -0.15) is 0 Å². The summed E-state index contributed by atoms with van der Waals surface area (Å²) in [4.78, 5) is 24.3. The molecule has 1 fully saturated rings. The van der Waals surface area contributed by atoms with E-state index in [-0.39, 0.29) is 23.9 Å². The van der Waals surface area contributed by atoms with Gasteiger partial charge in [0.05, 0.1) is 6.54 Å². The third-order valence-corrected chi connectivity index (χ3v) is 5.18. The van der Waals surface area contributed by atoms with Gasteiger partial charge in [0.1, 0.15) is 0 Å². The Kier molecular flexibility index (Phi) is 5.49. The lowest BCUT2D eigenvalue weighted by Crippen LogP contribution is -2.42. The largest absolute Gasteiger partial charge is 0.337 e. The number of rotatable bonds is 6. The zero-order valence-corrected chi connectivity index (χ0v) is 16.2. The van der Waals surface area contributed by atoms with Crippen molar-refractivity contribution in [3.63, 3.8) is 0 Å². The van der Waals surface area contributed by atoms with Crippen LogP contribution >= 0.6 is 0 Å². The molecule has 2 aromatic rings. The lowest BCUT2D eigenvalue weighted by molar-refractivity contribution is -0.115. The summed E-state index contributed by atoms with van der Waals surface area (Å²) in [5.74, 6) is -0.232. The van der Waals surface area contributed by atoms with Gasteiger partial charge in [-0.25, -0.2) is 4.79 Å². The van der Waals surface area contributed by atoms with Crippen LogP contribution in [0.4, 0.5) is 10.5 Å². The highest BCUT2D eigenvalue weighted by molar-refractivity contribution is 5.95. The minimum absolute atomic E-state index is 0.0526. The third kappa shape index (κ3) is 4.67. The van der Waals surface area contributed by atoms with Crippen LogP contribution in [0.2, 0.25) is 0 Å². The third-order valence-electron chi connectivity index (χ3n) is 5.18. The fourth-order valence-electron chi connectivity index (χ4n) is 3.54. The second-order valence-electron chi connectivity index (χ2n) is 7.50. The number of hydrogen-bond acceptors (Lipinski definition) is 2. The number of aryl methyl sites for hydroxylation is 3. The minimum Gasteiger partial charge on any atom is -0.337 e. The van der Waals surface area contributed by atoms with E-state index >= 15 is 0 Å². The van der Waals surface area contributed by atoms with Crippen LogP contribution in [0.15, 0.2) is 42.5 Å². The van der Waals surface area contributed by atoms with Gasteiger partial charge in [0.15, 0.2) is 0 Å². The van der Waals surface area contributed by atoms with Crippen LogP contribution in [0.3, 0.4) is 0 Å². The fourth-order valence-corrected chi connectivity index (χ4v) is 3.54. The van der Waals surface area contributed by atoms with Crippen molar-refractivity contribution >= 4 is 17.6 Å². The molecule has 3 amide bonds. The quantitative estimate of drug-likeness (QED) is 0.732. The molecular formula is C22H27N3O2. The second kappa shape index (κ2) is 7.82. The van der Waals surface area contributed by atoms with Crippen LogP contribution < -0.4 is 16.0 Å². The Balaban J connectivity index is 1.46.